The highest BCUT2D eigenvalue weighted by Gasteiger charge is 2.65. The second-order valence-corrected chi connectivity index (χ2v) is 5.01. The molecular formula is C13H18. The van der Waals surface area contributed by atoms with Gasteiger partial charge >= 0.3 is 0 Å². The predicted molar refractivity (Wildman–Crippen MR) is 56.7 cm³/mol. The molecule has 0 heterocycles. The molecule has 0 N–H and O–H groups in total. The van der Waals surface area contributed by atoms with E-state index >= 15 is 0 Å². The van der Waals surface area contributed by atoms with Crippen LogP contribution in [0.2, 0.25) is 0 Å². The molecular weight excluding hydrogens is 156 g/mol. The molecule has 1 saturated carbocycles. The van der Waals surface area contributed by atoms with Gasteiger partial charge in [0.15, 0.2) is 0 Å². The summed E-state index contributed by atoms with van der Waals surface area (Å²) in [7, 11) is 0. The molecule has 1 aliphatic carbocycles. The maximum absolute atomic E-state index is 2.38. The monoisotopic (exact) mass is 174 g/mol. The second kappa shape index (κ2) is 2.37. The Kier molecular flexibility index (Phi) is 1.61. The average Bonchev–Trinajstić information content (AvgIpc) is 2.53. The molecule has 1 aromatic rings. The van der Waals surface area contributed by atoms with E-state index in [0.29, 0.717) is 10.8 Å². The molecule has 13 heavy (non-hydrogen) atoms. The Balaban J connectivity index is 2.40. The molecule has 0 aromatic heterocycles. The molecule has 0 saturated heterocycles. The van der Waals surface area contributed by atoms with Crippen molar-refractivity contribution < 1.29 is 0 Å². The Bertz CT molecular complexity index is 310. The van der Waals surface area contributed by atoms with Crippen LogP contribution in [0.4, 0.5) is 0 Å². The van der Waals surface area contributed by atoms with Gasteiger partial charge in [0, 0.05) is 5.41 Å². The summed E-state index contributed by atoms with van der Waals surface area (Å²) in [4.78, 5) is 0. The molecule has 0 nitrogen and oxygen atoms in total. The van der Waals surface area contributed by atoms with Crippen LogP contribution in [0.15, 0.2) is 30.3 Å². The van der Waals surface area contributed by atoms with Crippen molar-refractivity contribution in [2.45, 2.75) is 33.1 Å². The van der Waals surface area contributed by atoms with Gasteiger partial charge < -0.3 is 0 Å². The third kappa shape index (κ3) is 0.919. The van der Waals surface area contributed by atoms with Gasteiger partial charge in [0.25, 0.3) is 0 Å². The summed E-state index contributed by atoms with van der Waals surface area (Å²) >= 11 is 0. The van der Waals surface area contributed by atoms with Crippen LogP contribution >= 0.6 is 0 Å². The van der Waals surface area contributed by atoms with Crippen LogP contribution in [-0.2, 0) is 5.41 Å². The van der Waals surface area contributed by atoms with Crippen LogP contribution in [0.3, 0.4) is 0 Å². The second-order valence-electron chi connectivity index (χ2n) is 5.01. The molecule has 2 rings (SSSR count). The first-order valence-corrected chi connectivity index (χ1v) is 5.07. The maximum Gasteiger partial charge on any atom is 0.000968 e. The summed E-state index contributed by atoms with van der Waals surface area (Å²) in [6.07, 6.45) is 0. The van der Waals surface area contributed by atoms with E-state index in [0.717, 1.165) is 5.92 Å². The van der Waals surface area contributed by atoms with Crippen molar-refractivity contribution >= 4 is 0 Å². The van der Waals surface area contributed by atoms with Crippen LogP contribution in [0.5, 0.6) is 0 Å². The molecule has 0 heteroatoms. The van der Waals surface area contributed by atoms with Crippen molar-refractivity contribution in [3.63, 3.8) is 0 Å². The van der Waals surface area contributed by atoms with Gasteiger partial charge in [-0.3, -0.25) is 0 Å². The molecule has 0 radical (unpaired) electrons. The number of rotatable bonds is 1. The van der Waals surface area contributed by atoms with Crippen LogP contribution in [0, 0.1) is 11.3 Å². The van der Waals surface area contributed by atoms with Crippen LogP contribution < -0.4 is 0 Å². The first-order valence-electron chi connectivity index (χ1n) is 5.07. The minimum absolute atomic E-state index is 0.397. The van der Waals surface area contributed by atoms with E-state index in [4.69, 9.17) is 0 Å². The summed E-state index contributed by atoms with van der Waals surface area (Å²) < 4.78 is 0. The van der Waals surface area contributed by atoms with Gasteiger partial charge in [-0.1, -0.05) is 58.0 Å². The lowest BCUT2D eigenvalue weighted by molar-refractivity contribution is 0.522. The Morgan fingerprint density at radius 3 is 1.85 bits per heavy atom. The molecule has 70 valence electrons. The Labute approximate surface area is 81.0 Å². The van der Waals surface area contributed by atoms with E-state index in [-0.39, 0.29) is 0 Å². The van der Waals surface area contributed by atoms with Gasteiger partial charge in [-0.25, -0.2) is 0 Å². The van der Waals surface area contributed by atoms with E-state index in [1.54, 1.807) is 0 Å². The van der Waals surface area contributed by atoms with E-state index in [9.17, 15) is 0 Å². The van der Waals surface area contributed by atoms with Gasteiger partial charge in [0.2, 0.25) is 0 Å². The zero-order chi connectivity index (χ0) is 9.69. The number of hydrogen-bond acceptors (Lipinski definition) is 0. The molecule has 1 fully saturated rings. The Morgan fingerprint density at radius 1 is 1.00 bits per heavy atom. The van der Waals surface area contributed by atoms with Crippen molar-refractivity contribution in [2.75, 3.05) is 0 Å². The highest BCUT2D eigenvalue weighted by Crippen LogP contribution is 2.68. The molecule has 0 unspecified atom stereocenters. The van der Waals surface area contributed by atoms with Gasteiger partial charge in [0.05, 0.1) is 0 Å². The molecule has 2 atom stereocenters. The van der Waals surface area contributed by atoms with Gasteiger partial charge in [-0.05, 0) is 16.9 Å². The van der Waals surface area contributed by atoms with E-state index in [1.165, 1.54) is 5.56 Å². The van der Waals surface area contributed by atoms with Crippen molar-refractivity contribution in [1.29, 1.82) is 0 Å². The van der Waals surface area contributed by atoms with Crippen molar-refractivity contribution in [3.05, 3.63) is 35.9 Å². The predicted octanol–water partition coefficient (Wildman–Crippen LogP) is 3.62. The molecule has 0 amide bonds. The van der Waals surface area contributed by atoms with Gasteiger partial charge in [0.1, 0.15) is 0 Å². The van der Waals surface area contributed by atoms with Crippen LogP contribution in [0.25, 0.3) is 0 Å². The summed E-state index contributed by atoms with van der Waals surface area (Å²) in [6.45, 7) is 9.47. The zero-order valence-corrected chi connectivity index (χ0v) is 8.96. The summed E-state index contributed by atoms with van der Waals surface area (Å²) in [6, 6.07) is 10.9. The topological polar surface area (TPSA) is 0 Å². The fraction of sp³-hybridized carbons (Fsp3) is 0.538. The molecule has 1 aliphatic rings. The molecule has 0 aliphatic heterocycles. The van der Waals surface area contributed by atoms with Gasteiger partial charge in [-0.15, -0.1) is 0 Å². The normalized spacial score (nSPS) is 35.8. The minimum Gasteiger partial charge on any atom is -0.0622 e. The quantitative estimate of drug-likeness (QED) is 0.610. The standard InChI is InChI=1S/C13H18/c1-10-12(2,3)13(10,4)11-8-6-5-7-9-11/h5-10H,1-4H3/t10-,13+/m1/s1. The van der Waals surface area contributed by atoms with Crippen molar-refractivity contribution in [3.8, 4) is 0 Å². The van der Waals surface area contributed by atoms with Crippen molar-refractivity contribution in [2.24, 2.45) is 11.3 Å². The maximum atomic E-state index is 2.38. The lowest BCUT2D eigenvalue weighted by atomic mass is 9.90. The largest absolute Gasteiger partial charge is 0.0622 e. The Hall–Kier alpha value is -0.780. The van der Waals surface area contributed by atoms with Gasteiger partial charge in [-0.2, -0.15) is 0 Å². The fourth-order valence-electron chi connectivity index (χ4n) is 2.68. The highest BCUT2D eigenvalue weighted by molar-refractivity contribution is 5.37. The highest BCUT2D eigenvalue weighted by atomic mass is 14.7. The average molecular weight is 174 g/mol. The van der Waals surface area contributed by atoms with Crippen LogP contribution in [0.1, 0.15) is 33.3 Å². The van der Waals surface area contributed by atoms with E-state index in [2.05, 4.69) is 58.0 Å². The summed E-state index contributed by atoms with van der Waals surface area (Å²) in [5.74, 6) is 0.794. The number of benzene rings is 1. The first kappa shape index (κ1) is 8.80. The number of hydrogen-bond donors (Lipinski definition) is 0. The third-order valence-electron chi connectivity index (χ3n) is 4.58. The molecule has 1 aromatic carbocycles. The Morgan fingerprint density at radius 2 is 1.46 bits per heavy atom. The van der Waals surface area contributed by atoms with Crippen molar-refractivity contribution in [1.82, 2.24) is 0 Å². The summed E-state index contributed by atoms with van der Waals surface area (Å²) in [5.41, 5.74) is 2.36. The zero-order valence-electron chi connectivity index (χ0n) is 8.96. The van der Waals surface area contributed by atoms with Crippen LogP contribution in [-0.4, -0.2) is 0 Å². The van der Waals surface area contributed by atoms with E-state index < -0.39 is 0 Å². The lowest BCUT2D eigenvalue weighted by Gasteiger charge is -2.14. The molecule has 0 spiro atoms. The smallest absolute Gasteiger partial charge is 0.000968 e. The SMILES string of the molecule is C[C@@H]1C(C)(C)[C@]1(C)c1ccccc1. The van der Waals surface area contributed by atoms with E-state index in [1.807, 2.05) is 0 Å². The fourth-order valence-corrected chi connectivity index (χ4v) is 2.68. The molecule has 0 bridgehead atoms. The first-order chi connectivity index (χ1) is 6.01. The third-order valence-corrected chi connectivity index (χ3v) is 4.58. The lowest BCUT2D eigenvalue weighted by Crippen LogP contribution is -2.08. The summed E-state index contributed by atoms with van der Waals surface area (Å²) in [5, 5.41) is 0. The minimum atomic E-state index is 0.397.